The number of benzene rings is 1. The monoisotopic (exact) mass is 435 g/mol. The van der Waals surface area contributed by atoms with E-state index >= 15 is 0 Å². The summed E-state index contributed by atoms with van der Waals surface area (Å²) in [6, 6.07) is 9.75. The van der Waals surface area contributed by atoms with Gasteiger partial charge < -0.3 is 14.7 Å². The number of rotatable bonds is 12. The van der Waals surface area contributed by atoms with E-state index in [4.69, 9.17) is 4.74 Å². The van der Waals surface area contributed by atoms with Gasteiger partial charge in [0.1, 0.15) is 0 Å². The zero-order valence-corrected chi connectivity index (χ0v) is 19.3. The number of nitrogens with zero attached hydrogens (tertiary/aromatic N) is 5. The van der Waals surface area contributed by atoms with Crippen LogP contribution >= 0.6 is 11.8 Å². The van der Waals surface area contributed by atoms with Crippen LogP contribution in [0.25, 0.3) is 5.69 Å². The fourth-order valence-electron chi connectivity index (χ4n) is 3.01. The Labute approximate surface area is 183 Å². The van der Waals surface area contributed by atoms with Gasteiger partial charge in [0.15, 0.2) is 5.79 Å². The van der Waals surface area contributed by atoms with E-state index in [2.05, 4.69) is 22.4 Å². The van der Waals surface area contributed by atoms with Gasteiger partial charge in [0.05, 0.1) is 18.2 Å². The Balaban J connectivity index is 2.01. The third kappa shape index (κ3) is 7.07. The molecule has 0 unspecified atom stereocenters. The third-order valence-electron chi connectivity index (χ3n) is 5.00. The van der Waals surface area contributed by atoms with Crippen molar-refractivity contribution < 1.29 is 14.6 Å². The molecule has 0 spiro atoms. The number of ether oxygens (including phenoxy) is 1. The van der Waals surface area contributed by atoms with Gasteiger partial charge >= 0.3 is 0 Å². The summed E-state index contributed by atoms with van der Waals surface area (Å²) in [4.78, 5) is 13.8. The first kappa shape index (κ1) is 24.3. The predicted molar refractivity (Wildman–Crippen MR) is 117 cm³/mol. The Morgan fingerprint density at radius 1 is 1.27 bits per heavy atom. The lowest BCUT2D eigenvalue weighted by atomic mass is 10.0. The molecule has 0 aliphatic heterocycles. The highest BCUT2D eigenvalue weighted by atomic mass is 32.2. The number of aromatic nitrogens is 4. The highest BCUT2D eigenvalue weighted by Gasteiger charge is 2.30. The molecule has 0 aliphatic rings. The number of hydrogen-bond donors (Lipinski definition) is 1. The van der Waals surface area contributed by atoms with Crippen LogP contribution in [0.15, 0.2) is 35.5 Å². The summed E-state index contributed by atoms with van der Waals surface area (Å²) >= 11 is 1.57. The molecule has 0 fully saturated rings. The van der Waals surface area contributed by atoms with E-state index < -0.39 is 5.79 Å². The molecule has 166 valence electrons. The Kier molecular flexibility index (Phi) is 9.26. The molecule has 8 nitrogen and oxygen atoms in total. The summed E-state index contributed by atoms with van der Waals surface area (Å²) < 4.78 is 7.73. The van der Waals surface area contributed by atoms with Crippen molar-refractivity contribution >= 4 is 17.7 Å². The lowest BCUT2D eigenvalue weighted by Gasteiger charge is -2.32. The van der Waals surface area contributed by atoms with E-state index in [0.717, 1.165) is 11.4 Å². The molecule has 1 heterocycles. The summed E-state index contributed by atoms with van der Waals surface area (Å²) in [6.45, 7) is 5.88. The summed E-state index contributed by atoms with van der Waals surface area (Å²) in [5.74, 6) is -0.224. The predicted octanol–water partition coefficient (Wildman–Crippen LogP) is 3.15. The number of aliphatic hydroxyl groups is 1. The van der Waals surface area contributed by atoms with E-state index in [0.29, 0.717) is 24.4 Å². The van der Waals surface area contributed by atoms with Crippen molar-refractivity contribution in [2.45, 2.75) is 63.5 Å². The van der Waals surface area contributed by atoms with Gasteiger partial charge in [0, 0.05) is 19.8 Å². The number of hydrogen-bond acceptors (Lipinski definition) is 7. The van der Waals surface area contributed by atoms with Crippen LogP contribution in [0, 0.1) is 5.92 Å². The molecule has 2 aromatic rings. The van der Waals surface area contributed by atoms with E-state index in [1.807, 2.05) is 44.2 Å². The van der Waals surface area contributed by atoms with Crippen LogP contribution in [0.1, 0.15) is 46.5 Å². The molecule has 0 saturated carbocycles. The first-order chi connectivity index (χ1) is 14.3. The zero-order chi connectivity index (χ0) is 22.1. The second-order valence-electron chi connectivity index (χ2n) is 7.75. The quantitative estimate of drug-likeness (QED) is 0.404. The van der Waals surface area contributed by atoms with E-state index in [1.54, 1.807) is 35.4 Å². The number of carbonyl (C=O) groups excluding carboxylic acids is 1. The topological polar surface area (TPSA) is 93.4 Å². The largest absolute Gasteiger partial charge is 0.365 e. The van der Waals surface area contributed by atoms with Gasteiger partial charge in [0.25, 0.3) is 0 Å². The summed E-state index contributed by atoms with van der Waals surface area (Å²) in [7, 11) is 3.46. The van der Waals surface area contributed by atoms with Crippen LogP contribution in [0.3, 0.4) is 0 Å². The number of para-hydroxylation sites is 1. The van der Waals surface area contributed by atoms with Gasteiger partial charge in [-0.1, -0.05) is 50.7 Å². The minimum absolute atomic E-state index is 0.0116. The highest BCUT2D eigenvalue weighted by Crippen LogP contribution is 2.27. The summed E-state index contributed by atoms with van der Waals surface area (Å²) in [6.07, 6.45) is 1.50. The normalized spacial score (nSPS) is 13.8. The van der Waals surface area contributed by atoms with Crippen LogP contribution in [0.4, 0.5) is 0 Å². The fraction of sp³-hybridized carbons (Fsp3) is 0.619. The number of thioether (sulfide) groups is 1. The summed E-state index contributed by atoms with van der Waals surface area (Å²) in [5.41, 5.74) is 0.909. The van der Waals surface area contributed by atoms with Gasteiger partial charge in [-0.15, -0.1) is 5.10 Å². The molecule has 1 aromatic heterocycles. The molecule has 1 amide bonds. The van der Waals surface area contributed by atoms with Crippen LogP contribution in [0.5, 0.6) is 0 Å². The lowest BCUT2D eigenvalue weighted by molar-refractivity contribution is -0.236. The smallest absolute Gasteiger partial charge is 0.224 e. The summed E-state index contributed by atoms with van der Waals surface area (Å²) in [5, 5.41) is 23.4. The maximum atomic E-state index is 12.3. The average molecular weight is 436 g/mol. The van der Waals surface area contributed by atoms with Crippen LogP contribution in [-0.2, 0) is 9.53 Å². The van der Waals surface area contributed by atoms with E-state index in [1.165, 1.54) is 0 Å². The maximum absolute atomic E-state index is 12.3. The number of amides is 1. The molecule has 2 rings (SSSR count). The second kappa shape index (κ2) is 11.4. The van der Waals surface area contributed by atoms with Gasteiger partial charge in [-0.2, -0.15) is 4.68 Å². The standard InChI is InChI=1S/C21H33N5O3S/c1-6-21(28,7-2)29-18(14-19(27)25(4)5)13-16(3)15-30-20-22-23-24-26(20)17-11-9-8-10-12-17/h8-12,16,18,28H,6-7,13-15H2,1-5H3/t16-,18+/m0/s1. The third-order valence-corrected chi connectivity index (χ3v) is 6.24. The Morgan fingerprint density at radius 2 is 1.93 bits per heavy atom. The van der Waals surface area contributed by atoms with Crippen molar-refractivity contribution in [1.82, 2.24) is 25.1 Å². The molecule has 30 heavy (non-hydrogen) atoms. The molecule has 1 N–H and O–H groups in total. The van der Waals surface area contributed by atoms with Crippen LogP contribution in [-0.4, -0.2) is 67.9 Å². The number of tetrazole rings is 1. The average Bonchev–Trinajstić information content (AvgIpc) is 3.21. The van der Waals surface area contributed by atoms with Gasteiger partial charge in [-0.3, -0.25) is 4.79 Å². The minimum Gasteiger partial charge on any atom is -0.365 e. The molecular formula is C21H33N5O3S. The number of carbonyl (C=O) groups is 1. The molecular weight excluding hydrogens is 402 g/mol. The van der Waals surface area contributed by atoms with E-state index in [9.17, 15) is 9.90 Å². The van der Waals surface area contributed by atoms with Crippen molar-refractivity contribution in [1.29, 1.82) is 0 Å². The molecule has 9 heteroatoms. The molecule has 0 saturated heterocycles. The van der Waals surface area contributed by atoms with Gasteiger partial charge in [-0.05, 0) is 47.7 Å². The van der Waals surface area contributed by atoms with Gasteiger partial charge in [0.2, 0.25) is 11.1 Å². The lowest BCUT2D eigenvalue weighted by Crippen LogP contribution is -2.38. The van der Waals surface area contributed by atoms with Gasteiger partial charge in [-0.25, -0.2) is 0 Å². The molecule has 0 radical (unpaired) electrons. The van der Waals surface area contributed by atoms with Crippen molar-refractivity contribution in [3.63, 3.8) is 0 Å². The SMILES string of the molecule is CCC(O)(CC)O[C@@H](CC(=O)N(C)C)C[C@H](C)CSc1nnnn1-c1ccccc1. The fourth-order valence-corrected chi connectivity index (χ4v) is 3.94. The Hall–Kier alpha value is -1.97. The molecule has 0 aliphatic carbocycles. The zero-order valence-electron chi connectivity index (χ0n) is 18.5. The second-order valence-corrected chi connectivity index (χ2v) is 8.73. The molecule has 2 atom stereocenters. The minimum atomic E-state index is -1.21. The Morgan fingerprint density at radius 3 is 2.53 bits per heavy atom. The first-order valence-electron chi connectivity index (χ1n) is 10.3. The van der Waals surface area contributed by atoms with Crippen molar-refractivity contribution in [2.75, 3.05) is 19.8 Å². The van der Waals surface area contributed by atoms with E-state index in [-0.39, 0.29) is 24.3 Å². The molecule has 0 bridgehead atoms. The molecule has 1 aromatic carbocycles. The first-order valence-corrected chi connectivity index (χ1v) is 11.3. The highest BCUT2D eigenvalue weighted by molar-refractivity contribution is 7.99. The van der Waals surface area contributed by atoms with Crippen LogP contribution < -0.4 is 0 Å². The Bertz CT molecular complexity index is 780. The van der Waals surface area contributed by atoms with Crippen molar-refractivity contribution in [2.24, 2.45) is 5.92 Å². The van der Waals surface area contributed by atoms with Crippen LogP contribution in [0.2, 0.25) is 0 Å². The van der Waals surface area contributed by atoms with Crippen molar-refractivity contribution in [3.8, 4) is 5.69 Å². The maximum Gasteiger partial charge on any atom is 0.224 e. The van der Waals surface area contributed by atoms with Crippen molar-refractivity contribution in [3.05, 3.63) is 30.3 Å².